The summed E-state index contributed by atoms with van der Waals surface area (Å²) in [5.41, 5.74) is 4.58. The number of amides is 1. The van der Waals surface area contributed by atoms with Gasteiger partial charge in [0.15, 0.2) is 6.10 Å². The molecular weight excluding hydrogens is 486 g/mol. The summed E-state index contributed by atoms with van der Waals surface area (Å²) in [7, 11) is 0. The number of fused-ring (bicyclic) bond motifs is 1. The summed E-state index contributed by atoms with van der Waals surface area (Å²) in [6, 6.07) is 8.89. The molecular formula is C26H28F2N4O5. The highest BCUT2D eigenvalue weighted by atomic mass is 19.3. The molecule has 1 fully saturated rings. The first-order chi connectivity index (χ1) is 17.5. The summed E-state index contributed by atoms with van der Waals surface area (Å²) in [6.07, 6.45) is -2.35. The number of aryl methyl sites for hydroxylation is 1. The van der Waals surface area contributed by atoms with Gasteiger partial charge in [0.05, 0.1) is 23.4 Å². The molecule has 4 N–H and O–H groups in total. The van der Waals surface area contributed by atoms with E-state index in [1.54, 1.807) is 42.2 Å². The third-order valence-electron chi connectivity index (χ3n) is 6.45. The number of benzene rings is 1. The van der Waals surface area contributed by atoms with Gasteiger partial charge in [0.25, 0.3) is 5.91 Å². The smallest absolute Gasteiger partial charge is 0.344 e. The topological polar surface area (TPSA) is 139 Å². The molecule has 1 aliphatic heterocycles. The predicted octanol–water partition coefficient (Wildman–Crippen LogP) is 3.22. The molecule has 9 nitrogen and oxygen atoms in total. The first-order valence-corrected chi connectivity index (χ1v) is 12.0. The van der Waals surface area contributed by atoms with E-state index in [2.05, 4.69) is 4.98 Å². The Bertz CT molecular complexity index is 1420. The van der Waals surface area contributed by atoms with Crippen molar-refractivity contribution in [2.24, 2.45) is 5.73 Å². The normalized spacial score (nSPS) is 16.3. The molecule has 37 heavy (non-hydrogen) atoms. The van der Waals surface area contributed by atoms with Gasteiger partial charge >= 0.3 is 5.97 Å². The van der Waals surface area contributed by atoms with Gasteiger partial charge in [-0.15, -0.1) is 0 Å². The van der Waals surface area contributed by atoms with Crippen LogP contribution in [0.15, 0.2) is 35.1 Å². The first-order valence-electron chi connectivity index (χ1n) is 12.0. The monoisotopic (exact) mass is 514 g/mol. The Morgan fingerprint density at radius 3 is 2.70 bits per heavy atom. The lowest BCUT2D eigenvalue weighted by atomic mass is 9.97. The zero-order valence-electron chi connectivity index (χ0n) is 20.5. The van der Waals surface area contributed by atoms with Crippen molar-refractivity contribution in [3.8, 4) is 11.3 Å². The van der Waals surface area contributed by atoms with Crippen LogP contribution in [0.1, 0.15) is 53.9 Å². The number of rotatable bonds is 6. The van der Waals surface area contributed by atoms with Gasteiger partial charge in [-0.1, -0.05) is 18.2 Å². The number of H-pyrrole nitrogens is 1. The van der Waals surface area contributed by atoms with Gasteiger partial charge in [0.2, 0.25) is 11.4 Å². The number of carbonyl (C=O) groups is 2. The number of carbonyl (C=O) groups excluding carboxylic acids is 2. The Morgan fingerprint density at radius 2 is 2.00 bits per heavy atom. The zero-order valence-corrected chi connectivity index (χ0v) is 20.5. The molecule has 196 valence electrons. The van der Waals surface area contributed by atoms with Crippen LogP contribution in [-0.4, -0.2) is 52.6 Å². The molecule has 1 atom stereocenters. The quantitative estimate of drug-likeness (QED) is 0.429. The molecule has 4 rings (SSSR count). The standard InChI is InChI=1S/C26H28F2N4O5/c1-3-37-25(36)19-20(30-14(2)18(21(19)33)22(34)23(29)35)16-13-15-7-4-5-8-17(15)31-24(16)32-11-6-9-26(27,28)10-12-32/h4-5,7-8,13,22,34H,3,6,9-12H2,1-2H3,(H2,29,35)(H,30,33). The van der Waals surface area contributed by atoms with E-state index in [0.29, 0.717) is 28.8 Å². The molecule has 0 aliphatic carbocycles. The molecule has 0 spiro atoms. The molecule has 1 aromatic carbocycles. The highest BCUT2D eigenvalue weighted by molar-refractivity contribution is 6.00. The van der Waals surface area contributed by atoms with Gasteiger partial charge in [-0.25, -0.2) is 18.6 Å². The summed E-state index contributed by atoms with van der Waals surface area (Å²) in [5, 5.41) is 11.0. The summed E-state index contributed by atoms with van der Waals surface area (Å²) in [6.45, 7) is 3.30. The number of pyridine rings is 2. The van der Waals surface area contributed by atoms with Crippen LogP contribution < -0.4 is 16.1 Å². The van der Waals surface area contributed by atoms with Crippen molar-refractivity contribution in [2.45, 2.75) is 45.1 Å². The molecule has 3 aromatic rings. The van der Waals surface area contributed by atoms with Crippen molar-refractivity contribution in [1.82, 2.24) is 9.97 Å². The molecule has 1 aliphatic rings. The van der Waals surface area contributed by atoms with Crippen LogP contribution in [0.25, 0.3) is 22.2 Å². The number of aromatic amines is 1. The maximum absolute atomic E-state index is 14.2. The van der Waals surface area contributed by atoms with E-state index < -0.39 is 34.9 Å². The number of nitrogens with two attached hydrogens (primary N) is 1. The largest absolute Gasteiger partial charge is 0.462 e. The fraction of sp³-hybridized carbons (Fsp3) is 0.385. The Labute approximate surface area is 211 Å². The van der Waals surface area contributed by atoms with E-state index in [0.717, 1.165) is 0 Å². The number of halogens is 2. The number of ether oxygens (including phenoxy) is 1. The van der Waals surface area contributed by atoms with Crippen LogP contribution in [0.5, 0.6) is 0 Å². The predicted molar refractivity (Wildman–Crippen MR) is 134 cm³/mol. The number of nitrogens with zero attached hydrogens (tertiary/aromatic N) is 2. The van der Waals surface area contributed by atoms with Crippen LogP contribution >= 0.6 is 0 Å². The second-order valence-electron chi connectivity index (χ2n) is 9.02. The average molecular weight is 515 g/mol. The number of aliphatic hydroxyl groups is 1. The number of aromatic nitrogens is 2. The van der Waals surface area contributed by atoms with Crippen LogP contribution in [0, 0.1) is 6.92 Å². The SMILES string of the molecule is CCOC(=O)c1c(-c2cc3ccccc3nc2N2CCCC(F)(F)CC2)[nH]c(C)c(C(O)C(N)=O)c1=O. The van der Waals surface area contributed by atoms with Crippen molar-refractivity contribution in [3.63, 3.8) is 0 Å². The lowest BCUT2D eigenvalue weighted by molar-refractivity contribution is -0.126. The Balaban J connectivity index is 2.02. The second kappa shape index (κ2) is 10.3. The number of aliphatic hydroxyl groups excluding tert-OH is 1. The fourth-order valence-electron chi connectivity index (χ4n) is 4.61. The molecule has 1 amide bonds. The van der Waals surface area contributed by atoms with E-state index in [4.69, 9.17) is 15.5 Å². The summed E-state index contributed by atoms with van der Waals surface area (Å²) < 4.78 is 33.5. The van der Waals surface area contributed by atoms with Gasteiger partial charge in [-0.2, -0.15) is 0 Å². The third-order valence-corrected chi connectivity index (χ3v) is 6.45. The first kappa shape index (κ1) is 26.2. The number of hydrogen-bond acceptors (Lipinski definition) is 7. The van der Waals surface area contributed by atoms with Crippen molar-refractivity contribution in [1.29, 1.82) is 0 Å². The molecule has 1 saturated heterocycles. The maximum atomic E-state index is 14.2. The zero-order chi connectivity index (χ0) is 26.9. The minimum Gasteiger partial charge on any atom is -0.462 e. The molecule has 3 heterocycles. The van der Waals surface area contributed by atoms with Gasteiger partial charge < -0.3 is 25.5 Å². The number of primary amides is 1. The summed E-state index contributed by atoms with van der Waals surface area (Å²) in [5.74, 6) is -4.62. The summed E-state index contributed by atoms with van der Waals surface area (Å²) in [4.78, 5) is 47.7. The number of esters is 1. The Kier molecular flexibility index (Phi) is 7.26. The minimum atomic E-state index is -2.81. The molecule has 11 heteroatoms. The number of nitrogens with one attached hydrogen (secondary N) is 1. The number of para-hydroxylation sites is 1. The second-order valence-corrected chi connectivity index (χ2v) is 9.02. The van der Waals surface area contributed by atoms with E-state index in [1.165, 1.54) is 6.92 Å². The average Bonchev–Trinajstić information content (AvgIpc) is 3.03. The van der Waals surface area contributed by atoms with E-state index >= 15 is 0 Å². The van der Waals surface area contributed by atoms with E-state index in [-0.39, 0.29) is 49.4 Å². The molecule has 0 bridgehead atoms. The van der Waals surface area contributed by atoms with Gasteiger partial charge in [-0.05, 0) is 32.4 Å². The van der Waals surface area contributed by atoms with E-state index in [9.17, 15) is 28.3 Å². The van der Waals surface area contributed by atoms with E-state index in [1.807, 2.05) is 0 Å². The van der Waals surface area contributed by atoms with Crippen molar-refractivity contribution < 1.29 is 28.2 Å². The minimum absolute atomic E-state index is 0.0156. The van der Waals surface area contributed by atoms with Crippen LogP contribution in [0.2, 0.25) is 0 Å². The fourth-order valence-corrected chi connectivity index (χ4v) is 4.61. The highest BCUT2D eigenvalue weighted by Crippen LogP contribution is 2.37. The van der Waals surface area contributed by atoms with Crippen molar-refractivity contribution in [2.75, 3.05) is 24.6 Å². The van der Waals surface area contributed by atoms with Crippen LogP contribution in [-0.2, 0) is 9.53 Å². The number of hydrogen-bond donors (Lipinski definition) is 3. The third kappa shape index (κ3) is 5.17. The molecule has 0 saturated carbocycles. The van der Waals surface area contributed by atoms with Crippen molar-refractivity contribution >= 4 is 28.6 Å². The van der Waals surface area contributed by atoms with Crippen LogP contribution in [0.4, 0.5) is 14.6 Å². The Hall–Kier alpha value is -3.86. The molecule has 1 unspecified atom stereocenters. The highest BCUT2D eigenvalue weighted by Gasteiger charge is 2.34. The molecule has 0 radical (unpaired) electrons. The van der Waals surface area contributed by atoms with Crippen LogP contribution in [0.3, 0.4) is 0 Å². The van der Waals surface area contributed by atoms with Gasteiger partial charge in [-0.3, -0.25) is 9.59 Å². The number of anilines is 1. The molecule has 2 aromatic heterocycles. The lowest BCUT2D eigenvalue weighted by Gasteiger charge is -2.26. The Morgan fingerprint density at radius 1 is 1.27 bits per heavy atom. The summed E-state index contributed by atoms with van der Waals surface area (Å²) >= 11 is 0. The van der Waals surface area contributed by atoms with Gasteiger partial charge in [0.1, 0.15) is 11.4 Å². The lowest BCUT2D eigenvalue weighted by Crippen LogP contribution is -2.32. The van der Waals surface area contributed by atoms with Gasteiger partial charge in [0, 0.05) is 42.6 Å². The van der Waals surface area contributed by atoms with Crippen molar-refractivity contribution in [3.05, 3.63) is 57.4 Å². The maximum Gasteiger partial charge on any atom is 0.344 e. The number of alkyl halides is 2.